The Morgan fingerprint density at radius 2 is 1.69 bits per heavy atom. The van der Waals surface area contributed by atoms with E-state index in [0.29, 0.717) is 25.8 Å². The van der Waals surface area contributed by atoms with E-state index in [-0.39, 0.29) is 36.4 Å². The van der Waals surface area contributed by atoms with Gasteiger partial charge in [-0.2, -0.15) is 0 Å². The molecule has 5 rings (SSSR count). The average Bonchev–Trinajstić information content (AvgIpc) is 3.45. The molecule has 0 spiro atoms. The number of nitrogens with zero attached hydrogens (tertiary/aromatic N) is 1. The third-order valence-corrected chi connectivity index (χ3v) is 7.64. The highest BCUT2D eigenvalue weighted by Gasteiger charge is 2.38. The van der Waals surface area contributed by atoms with Crippen LogP contribution in [0.15, 0.2) is 60.7 Å². The average molecular weight is 475 g/mol. The summed E-state index contributed by atoms with van der Waals surface area (Å²) >= 11 is 0. The summed E-state index contributed by atoms with van der Waals surface area (Å²) < 4.78 is 5.63. The lowest BCUT2D eigenvalue weighted by Gasteiger charge is -2.38. The van der Waals surface area contributed by atoms with Crippen molar-refractivity contribution < 1.29 is 24.2 Å². The molecule has 7 heteroatoms. The van der Waals surface area contributed by atoms with Crippen LogP contribution in [0.2, 0.25) is 0 Å². The van der Waals surface area contributed by atoms with Gasteiger partial charge in [0, 0.05) is 18.5 Å². The predicted molar refractivity (Wildman–Crippen MR) is 131 cm³/mol. The highest BCUT2D eigenvalue weighted by molar-refractivity contribution is 5.83. The number of carbonyl (C=O) groups excluding carboxylic acids is 2. The third-order valence-electron chi connectivity index (χ3n) is 7.64. The van der Waals surface area contributed by atoms with Crippen LogP contribution in [0.3, 0.4) is 0 Å². The Balaban J connectivity index is 1.16. The van der Waals surface area contributed by atoms with Crippen LogP contribution in [0.4, 0.5) is 4.79 Å². The summed E-state index contributed by atoms with van der Waals surface area (Å²) in [6.07, 6.45) is 4.86. The maximum Gasteiger partial charge on any atom is 0.407 e. The largest absolute Gasteiger partial charge is 0.481 e. The number of fused-ring (bicyclic) bond motifs is 3. The van der Waals surface area contributed by atoms with Gasteiger partial charge in [0.15, 0.2) is 0 Å². The van der Waals surface area contributed by atoms with Crippen molar-refractivity contribution in [3.63, 3.8) is 0 Å². The van der Waals surface area contributed by atoms with Gasteiger partial charge >= 0.3 is 12.1 Å². The molecule has 1 fully saturated rings. The van der Waals surface area contributed by atoms with Gasteiger partial charge in [-0.1, -0.05) is 60.7 Å². The minimum absolute atomic E-state index is 0.00985. The summed E-state index contributed by atoms with van der Waals surface area (Å²) in [7, 11) is 0. The van der Waals surface area contributed by atoms with Crippen LogP contribution in [-0.2, 0) is 14.3 Å². The minimum atomic E-state index is -0.855. The number of benzene rings is 2. The Bertz CT molecular complexity index is 1130. The quantitative estimate of drug-likeness (QED) is 0.634. The Morgan fingerprint density at radius 3 is 2.34 bits per heavy atom. The number of rotatable bonds is 5. The summed E-state index contributed by atoms with van der Waals surface area (Å²) in [5, 5.41) is 12.3. The number of ether oxygens (including phenoxy) is 1. The Kier molecular flexibility index (Phi) is 6.32. The first-order valence-corrected chi connectivity index (χ1v) is 12.3. The van der Waals surface area contributed by atoms with Crippen molar-refractivity contribution in [3.8, 4) is 11.1 Å². The van der Waals surface area contributed by atoms with E-state index in [4.69, 9.17) is 4.74 Å². The number of carbonyl (C=O) groups is 3. The van der Waals surface area contributed by atoms with Crippen LogP contribution in [0, 0.1) is 11.8 Å². The lowest BCUT2D eigenvalue weighted by Crippen LogP contribution is -2.51. The summed E-state index contributed by atoms with van der Waals surface area (Å²) in [6, 6.07) is 15.7. The van der Waals surface area contributed by atoms with Crippen LogP contribution < -0.4 is 5.32 Å². The molecule has 4 atom stereocenters. The SMILES string of the molecule is C[C@H]1[C@@H](C(=O)O)CCCN1C(=O)C1C=CC(NC(=O)OCC2c3ccccc3-c3ccccc32)C1. The van der Waals surface area contributed by atoms with Crippen LogP contribution in [0.5, 0.6) is 0 Å². The summed E-state index contributed by atoms with van der Waals surface area (Å²) in [6.45, 7) is 2.61. The number of likely N-dealkylation sites (tertiary alicyclic amines) is 1. The summed E-state index contributed by atoms with van der Waals surface area (Å²) in [4.78, 5) is 38.9. The number of carboxylic acid groups (broad SMARTS) is 1. The fourth-order valence-electron chi connectivity index (χ4n) is 5.78. The van der Waals surface area contributed by atoms with Crippen LogP contribution in [-0.4, -0.2) is 53.2 Å². The van der Waals surface area contributed by atoms with Gasteiger partial charge in [-0.3, -0.25) is 9.59 Å². The van der Waals surface area contributed by atoms with E-state index in [1.807, 2.05) is 36.4 Å². The fourth-order valence-corrected chi connectivity index (χ4v) is 5.78. The molecule has 0 radical (unpaired) electrons. The minimum Gasteiger partial charge on any atom is -0.481 e. The molecule has 2 aromatic rings. The molecular weight excluding hydrogens is 444 g/mol. The van der Waals surface area contributed by atoms with E-state index in [1.54, 1.807) is 11.8 Å². The smallest absolute Gasteiger partial charge is 0.407 e. The predicted octanol–water partition coefficient (Wildman–Crippen LogP) is 4.18. The van der Waals surface area contributed by atoms with Crippen LogP contribution in [0.25, 0.3) is 11.1 Å². The molecule has 1 saturated heterocycles. The van der Waals surface area contributed by atoms with Crippen molar-refractivity contribution in [3.05, 3.63) is 71.8 Å². The molecule has 2 unspecified atom stereocenters. The van der Waals surface area contributed by atoms with Gasteiger partial charge in [0.25, 0.3) is 0 Å². The topological polar surface area (TPSA) is 95.9 Å². The van der Waals surface area contributed by atoms with Gasteiger partial charge in [0.1, 0.15) is 6.61 Å². The maximum absolute atomic E-state index is 13.1. The number of hydrogen-bond donors (Lipinski definition) is 2. The van der Waals surface area contributed by atoms with Gasteiger partial charge in [0.05, 0.1) is 17.9 Å². The van der Waals surface area contributed by atoms with E-state index in [0.717, 1.165) is 11.1 Å². The second-order valence-electron chi connectivity index (χ2n) is 9.66. The van der Waals surface area contributed by atoms with Crippen molar-refractivity contribution in [2.75, 3.05) is 13.2 Å². The normalized spacial score (nSPS) is 25.1. The van der Waals surface area contributed by atoms with E-state index < -0.39 is 18.0 Å². The molecule has 182 valence electrons. The van der Waals surface area contributed by atoms with E-state index in [2.05, 4.69) is 29.6 Å². The standard InChI is InChI=1S/C28H30N2O5/c1-17-20(27(32)33)11-6-14-30(17)26(31)18-12-13-19(15-18)29-28(34)35-16-25-23-9-4-2-7-21(23)22-8-3-5-10-24(22)25/h2-5,7-10,12-13,17-20,25H,6,11,14-16H2,1H3,(H,29,34)(H,32,33)/t17-,18?,19?,20-/m0/s1. The monoisotopic (exact) mass is 474 g/mol. The number of hydrogen-bond acceptors (Lipinski definition) is 4. The number of alkyl carbamates (subject to hydrolysis) is 1. The molecule has 0 saturated carbocycles. The Hall–Kier alpha value is -3.61. The van der Waals surface area contributed by atoms with Crippen molar-refractivity contribution in [1.82, 2.24) is 10.2 Å². The molecule has 1 heterocycles. The number of piperidine rings is 1. The molecule has 2 aromatic carbocycles. The molecule has 0 bridgehead atoms. The molecular formula is C28H30N2O5. The molecule has 2 aliphatic carbocycles. The summed E-state index contributed by atoms with van der Waals surface area (Å²) in [5.74, 6) is -1.84. The zero-order valence-corrected chi connectivity index (χ0v) is 19.7. The van der Waals surface area contributed by atoms with Gasteiger partial charge in [0.2, 0.25) is 5.91 Å². The second kappa shape index (κ2) is 9.56. The lowest BCUT2D eigenvalue weighted by atomic mass is 9.89. The Morgan fingerprint density at radius 1 is 1.03 bits per heavy atom. The number of aliphatic carboxylic acids is 1. The highest BCUT2D eigenvalue weighted by atomic mass is 16.5. The van der Waals surface area contributed by atoms with Crippen molar-refractivity contribution in [2.24, 2.45) is 11.8 Å². The van der Waals surface area contributed by atoms with E-state index >= 15 is 0 Å². The van der Waals surface area contributed by atoms with Crippen LogP contribution in [0.1, 0.15) is 43.2 Å². The molecule has 35 heavy (non-hydrogen) atoms. The molecule has 2 N–H and O–H groups in total. The first-order valence-electron chi connectivity index (χ1n) is 12.3. The second-order valence-corrected chi connectivity index (χ2v) is 9.66. The van der Waals surface area contributed by atoms with Gasteiger partial charge < -0.3 is 20.1 Å². The zero-order chi connectivity index (χ0) is 24.5. The lowest BCUT2D eigenvalue weighted by molar-refractivity contribution is -0.150. The number of amides is 2. The first kappa shape index (κ1) is 23.1. The highest BCUT2D eigenvalue weighted by Crippen LogP contribution is 2.44. The molecule has 2 amide bonds. The molecule has 7 nitrogen and oxygen atoms in total. The van der Waals surface area contributed by atoms with Crippen molar-refractivity contribution >= 4 is 18.0 Å². The molecule has 0 aromatic heterocycles. The number of carboxylic acids is 1. The van der Waals surface area contributed by atoms with Crippen molar-refractivity contribution in [2.45, 2.75) is 44.2 Å². The van der Waals surface area contributed by atoms with Gasteiger partial charge in [-0.15, -0.1) is 0 Å². The zero-order valence-electron chi connectivity index (χ0n) is 19.7. The fraction of sp³-hybridized carbons (Fsp3) is 0.393. The van der Waals surface area contributed by atoms with Gasteiger partial charge in [-0.25, -0.2) is 4.79 Å². The molecule has 1 aliphatic heterocycles. The first-order chi connectivity index (χ1) is 16.9. The van der Waals surface area contributed by atoms with Crippen LogP contribution >= 0.6 is 0 Å². The molecule has 3 aliphatic rings. The van der Waals surface area contributed by atoms with Gasteiger partial charge in [-0.05, 0) is 48.4 Å². The Labute approximate surface area is 204 Å². The third kappa shape index (κ3) is 4.43. The number of nitrogens with one attached hydrogen (secondary N) is 1. The maximum atomic E-state index is 13.1. The van der Waals surface area contributed by atoms with E-state index in [9.17, 15) is 19.5 Å². The summed E-state index contributed by atoms with van der Waals surface area (Å²) in [5.41, 5.74) is 4.66. The van der Waals surface area contributed by atoms with Crippen molar-refractivity contribution in [1.29, 1.82) is 0 Å². The van der Waals surface area contributed by atoms with E-state index in [1.165, 1.54) is 11.1 Å².